The normalized spacial score (nSPS) is 10.3. The van der Waals surface area contributed by atoms with Crippen molar-refractivity contribution in [2.75, 3.05) is 7.11 Å². The molecule has 0 heterocycles. The van der Waals surface area contributed by atoms with Crippen molar-refractivity contribution in [3.63, 3.8) is 0 Å². The third-order valence-corrected chi connectivity index (χ3v) is 3.01. The number of esters is 1. The first kappa shape index (κ1) is 14.9. The zero-order chi connectivity index (χ0) is 14.6. The van der Waals surface area contributed by atoms with E-state index in [1.54, 1.807) is 0 Å². The van der Waals surface area contributed by atoms with Crippen LogP contribution in [0.5, 0.6) is 0 Å². The van der Waals surface area contributed by atoms with E-state index in [1.807, 2.05) is 0 Å². The van der Waals surface area contributed by atoms with Gasteiger partial charge in [0.05, 0.1) is 17.6 Å². The first-order chi connectivity index (χ1) is 8.73. The van der Waals surface area contributed by atoms with Gasteiger partial charge in [0.15, 0.2) is 0 Å². The fraction of sp³-hybridized carbons (Fsp3) is 0.308. The van der Waals surface area contributed by atoms with Crippen LogP contribution in [0.3, 0.4) is 0 Å². The van der Waals surface area contributed by atoms with E-state index in [4.69, 9.17) is 0 Å². The van der Waals surface area contributed by atoms with E-state index >= 15 is 0 Å². The maximum Gasteiger partial charge on any atom is 0.338 e. The van der Waals surface area contributed by atoms with Crippen LogP contribution in [0.4, 0.5) is 5.69 Å². The molecule has 0 spiro atoms. The molecule has 1 aromatic rings. The molecule has 5 nitrogen and oxygen atoms in total. The van der Waals surface area contributed by atoms with Gasteiger partial charge >= 0.3 is 5.97 Å². The van der Waals surface area contributed by atoms with E-state index in [-0.39, 0.29) is 11.3 Å². The van der Waals surface area contributed by atoms with Crippen molar-refractivity contribution >= 4 is 19.7 Å². The number of ether oxygens (including phenoxy) is 1. The van der Waals surface area contributed by atoms with Crippen LogP contribution in [0.25, 0.3) is 0 Å². The van der Waals surface area contributed by atoms with E-state index in [0.29, 0.717) is 5.56 Å². The van der Waals surface area contributed by atoms with Crippen molar-refractivity contribution in [2.45, 2.75) is 19.6 Å². The van der Waals surface area contributed by atoms with E-state index in [1.165, 1.54) is 25.3 Å². The Morgan fingerprint density at radius 1 is 1.32 bits per heavy atom. The number of non-ortho nitro benzene ring substituents is 1. The van der Waals surface area contributed by atoms with Crippen LogP contribution in [0.2, 0.25) is 19.6 Å². The van der Waals surface area contributed by atoms with Crippen molar-refractivity contribution in [2.24, 2.45) is 0 Å². The van der Waals surface area contributed by atoms with Gasteiger partial charge in [-0.05, 0) is 6.07 Å². The average Bonchev–Trinajstić information content (AvgIpc) is 2.34. The minimum Gasteiger partial charge on any atom is -0.465 e. The lowest BCUT2D eigenvalue weighted by atomic mass is 10.1. The molecule has 1 aromatic carbocycles. The summed E-state index contributed by atoms with van der Waals surface area (Å²) in [5.41, 5.74) is 3.53. The molecule has 0 atom stereocenters. The molecule has 0 bridgehead atoms. The first-order valence-electron chi connectivity index (χ1n) is 5.64. The number of benzene rings is 1. The average molecular weight is 277 g/mol. The number of carbonyl (C=O) groups is 1. The Labute approximate surface area is 112 Å². The lowest BCUT2D eigenvalue weighted by molar-refractivity contribution is -0.384. The molecule has 0 aliphatic carbocycles. The third-order valence-electron chi connectivity index (χ3n) is 2.13. The van der Waals surface area contributed by atoms with Gasteiger partial charge in [-0.25, -0.2) is 4.79 Å². The summed E-state index contributed by atoms with van der Waals surface area (Å²) in [6.07, 6.45) is 0. The van der Waals surface area contributed by atoms with Crippen LogP contribution in [-0.4, -0.2) is 26.1 Å². The highest BCUT2D eigenvalue weighted by Gasteiger charge is 2.14. The molecule has 0 N–H and O–H groups in total. The van der Waals surface area contributed by atoms with Gasteiger partial charge in [-0.3, -0.25) is 10.1 Å². The van der Waals surface area contributed by atoms with Crippen molar-refractivity contribution in [3.05, 3.63) is 39.4 Å². The molecule has 0 aliphatic rings. The lowest BCUT2D eigenvalue weighted by Gasteiger charge is -2.04. The molecule has 1 rings (SSSR count). The molecular formula is C13H15NO4Si. The highest BCUT2D eigenvalue weighted by atomic mass is 28.3. The van der Waals surface area contributed by atoms with Crippen LogP contribution in [-0.2, 0) is 4.74 Å². The van der Waals surface area contributed by atoms with E-state index in [9.17, 15) is 14.9 Å². The molecule has 0 radical (unpaired) electrons. The van der Waals surface area contributed by atoms with Gasteiger partial charge in [0.2, 0.25) is 0 Å². The Morgan fingerprint density at radius 3 is 2.42 bits per heavy atom. The molecule has 19 heavy (non-hydrogen) atoms. The van der Waals surface area contributed by atoms with E-state index in [0.717, 1.165) is 0 Å². The summed E-state index contributed by atoms with van der Waals surface area (Å²) in [5, 5.41) is 10.8. The first-order valence-corrected chi connectivity index (χ1v) is 9.14. The van der Waals surface area contributed by atoms with Gasteiger partial charge in [-0.1, -0.05) is 25.6 Å². The minimum absolute atomic E-state index is 0.136. The van der Waals surface area contributed by atoms with Crippen LogP contribution in [0, 0.1) is 21.6 Å². The summed E-state index contributed by atoms with van der Waals surface area (Å²) >= 11 is 0. The molecule has 0 aliphatic heterocycles. The highest BCUT2D eigenvalue weighted by molar-refractivity contribution is 6.83. The van der Waals surface area contributed by atoms with Crippen molar-refractivity contribution in [1.82, 2.24) is 0 Å². The maximum atomic E-state index is 11.5. The largest absolute Gasteiger partial charge is 0.465 e. The summed E-state index contributed by atoms with van der Waals surface area (Å²) < 4.78 is 4.57. The van der Waals surface area contributed by atoms with Gasteiger partial charge < -0.3 is 4.74 Å². The van der Waals surface area contributed by atoms with Crippen LogP contribution in [0.1, 0.15) is 15.9 Å². The zero-order valence-electron chi connectivity index (χ0n) is 11.3. The predicted octanol–water partition coefficient (Wildman–Crippen LogP) is 2.61. The Kier molecular flexibility index (Phi) is 4.46. The number of nitro groups is 1. The van der Waals surface area contributed by atoms with Crippen LogP contribution >= 0.6 is 0 Å². The second-order valence-corrected chi connectivity index (χ2v) is 9.77. The summed E-state index contributed by atoms with van der Waals surface area (Å²) in [6, 6.07) is 4.05. The molecule has 0 amide bonds. The number of hydrogen-bond donors (Lipinski definition) is 0. The number of carbonyl (C=O) groups excluding carboxylic acids is 1. The second kappa shape index (κ2) is 5.67. The quantitative estimate of drug-likeness (QED) is 0.274. The number of hydrogen-bond acceptors (Lipinski definition) is 4. The Bertz CT molecular complexity index is 579. The van der Waals surface area contributed by atoms with Gasteiger partial charge in [0.25, 0.3) is 5.69 Å². The van der Waals surface area contributed by atoms with E-state index in [2.05, 4.69) is 35.8 Å². The number of methoxy groups -OCH3 is 1. The van der Waals surface area contributed by atoms with Gasteiger partial charge in [-0.2, -0.15) is 0 Å². The third kappa shape index (κ3) is 4.56. The van der Waals surface area contributed by atoms with Gasteiger partial charge in [-0.15, -0.1) is 5.54 Å². The lowest BCUT2D eigenvalue weighted by Crippen LogP contribution is -2.16. The molecule has 0 fully saturated rings. The standard InChI is InChI=1S/C13H15NO4Si/c1-18-13(15)11-7-10(5-6-19(2,3)4)8-12(9-11)14(16)17/h7-9H,1-4H3. The number of nitrogens with zero attached hydrogens (tertiary/aromatic N) is 1. The van der Waals surface area contributed by atoms with Crippen molar-refractivity contribution in [1.29, 1.82) is 0 Å². The molecule has 6 heteroatoms. The Hall–Kier alpha value is -2.13. The highest BCUT2D eigenvalue weighted by Crippen LogP contribution is 2.17. The fourth-order valence-corrected chi connectivity index (χ4v) is 1.80. The zero-order valence-corrected chi connectivity index (χ0v) is 12.3. The monoisotopic (exact) mass is 277 g/mol. The summed E-state index contributed by atoms with van der Waals surface area (Å²) in [5.74, 6) is 2.29. The van der Waals surface area contributed by atoms with Gasteiger partial charge in [0.1, 0.15) is 8.07 Å². The Morgan fingerprint density at radius 2 is 1.95 bits per heavy atom. The Balaban J connectivity index is 3.31. The molecule has 0 saturated carbocycles. The smallest absolute Gasteiger partial charge is 0.338 e. The number of nitro benzene ring substituents is 1. The molecule has 0 saturated heterocycles. The van der Waals surface area contributed by atoms with Crippen LogP contribution < -0.4 is 0 Å². The van der Waals surface area contributed by atoms with Crippen molar-refractivity contribution in [3.8, 4) is 11.5 Å². The maximum absolute atomic E-state index is 11.5. The molecule has 0 aromatic heterocycles. The predicted molar refractivity (Wildman–Crippen MR) is 74.7 cm³/mol. The van der Waals surface area contributed by atoms with Crippen LogP contribution in [0.15, 0.2) is 18.2 Å². The molecule has 100 valence electrons. The summed E-state index contributed by atoms with van der Waals surface area (Å²) in [6.45, 7) is 6.20. The fourth-order valence-electron chi connectivity index (χ4n) is 1.28. The molecule has 0 unspecified atom stereocenters. The SMILES string of the molecule is COC(=O)c1cc(C#C[Si](C)(C)C)cc([N+](=O)[O-])c1. The van der Waals surface area contributed by atoms with Gasteiger partial charge in [0, 0.05) is 17.7 Å². The minimum atomic E-state index is -1.58. The second-order valence-electron chi connectivity index (χ2n) is 5.02. The molecular weight excluding hydrogens is 262 g/mol. The number of rotatable bonds is 2. The van der Waals surface area contributed by atoms with E-state index < -0.39 is 19.0 Å². The summed E-state index contributed by atoms with van der Waals surface area (Å²) in [4.78, 5) is 21.7. The topological polar surface area (TPSA) is 69.4 Å². The summed E-state index contributed by atoms with van der Waals surface area (Å²) in [7, 11) is -0.354. The van der Waals surface area contributed by atoms with Crippen molar-refractivity contribution < 1.29 is 14.5 Å².